The second-order valence-corrected chi connectivity index (χ2v) is 14.7. The third-order valence-electron chi connectivity index (χ3n) is 9.97. The Bertz CT molecular complexity index is 815. The van der Waals surface area contributed by atoms with Gasteiger partial charge in [0.2, 0.25) is 0 Å². The first-order valence-electron chi connectivity index (χ1n) is 11.8. The van der Waals surface area contributed by atoms with E-state index in [0.717, 1.165) is 57.8 Å². The first kappa shape index (κ1) is 24.0. The van der Waals surface area contributed by atoms with Gasteiger partial charge in [0, 0.05) is 23.8 Å². The molecule has 0 amide bonds. The summed E-state index contributed by atoms with van der Waals surface area (Å²) in [5.41, 5.74) is -0.510. The van der Waals surface area contributed by atoms with Crippen molar-refractivity contribution in [2.75, 3.05) is 19.5 Å². The zero-order valence-electron chi connectivity index (χ0n) is 19.0. The Balaban J connectivity index is 1.49. The van der Waals surface area contributed by atoms with Crippen LogP contribution in [0.25, 0.3) is 0 Å². The van der Waals surface area contributed by atoms with E-state index in [0.29, 0.717) is 41.1 Å². The van der Waals surface area contributed by atoms with Gasteiger partial charge in [-0.2, -0.15) is 8.42 Å². The predicted molar refractivity (Wildman–Crippen MR) is 121 cm³/mol. The van der Waals surface area contributed by atoms with Gasteiger partial charge < -0.3 is 9.84 Å². The maximum atomic E-state index is 12.9. The van der Waals surface area contributed by atoms with Crippen molar-refractivity contribution in [3.63, 3.8) is 0 Å². The molecule has 8 heteroatoms. The van der Waals surface area contributed by atoms with Crippen LogP contribution in [0.2, 0.25) is 0 Å². The molecule has 3 unspecified atom stereocenters. The number of hydrogen-bond donors (Lipinski definition) is 2. The first-order valence-corrected chi connectivity index (χ1v) is 14.7. The van der Waals surface area contributed by atoms with Crippen LogP contribution >= 0.6 is 10.8 Å². The molecule has 0 saturated heterocycles. The minimum atomic E-state index is -4.19. The number of fused-ring (bicyclic) bond motifs is 5. The van der Waals surface area contributed by atoms with E-state index in [2.05, 4.69) is 13.8 Å². The molecule has 0 radical (unpaired) electrons. The number of ether oxygens (including phenoxy) is 1. The van der Waals surface area contributed by atoms with Crippen molar-refractivity contribution in [2.24, 2.45) is 40.4 Å². The van der Waals surface area contributed by atoms with Gasteiger partial charge in [-0.05, 0) is 92.3 Å². The molecule has 4 saturated carbocycles. The van der Waals surface area contributed by atoms with Crippen LogP contribution in [-0.4, -0.2) is 48.9 Å². The molecule has 0 spiro atoms. The zero-order chi connectivity index (χ0) is 22.7. The van der Waals surface area contributed by atoms with Crippen molar-refractivity contribution in [1.29, 1.82) is 0 Å². The summed E-state index contributed by atoms with van der Waals surface area (Å²) >= 11 is 0. The Hall–Kier alpha value is -0.150. The zero-order valence-corrected chi connectivity index (χ0v) is 20.6. The Labute approximate surface area is 190 Å². The second-order valence-electron chi connectivity index (χ2n) is 11.3. The van der Waals surface area contributed by atoms with Gasteiger partial charge in [0.25, 0.3) is 0 Å². The minimum Gasteiger partial charge on any atom is -0.387 e. The lowest BCUT2D eigenvalue weighted by molar-refractivity contribution is -0.163. The van der Waals surface area contributed by atoms with Crippen molar-refractivity contribution in [3.8, 4) is 0 Å². The van der Waals surface area contributed by atoms with Crippen LogP contribution < -0.4 is 0 Å². The molecular weight excluding hydrogens is 436 g/mol. The molecule has 8 atom stereocenters. The first-order chi connectivity index (χ1) is 14.4. The largest absolute Gasteiger partial charge is 0.387 e. The van der Waals surface area contributed by atoms with Gasteiger partial charge in [-0.3, -0.25) is 9.35 Å². The lowest BCUT2D eigenvalue weighted by atomic mass is 9.44. The van der Waals surface area contributed by atoms with Crippen LogP contribution in [-0.2, 0) is 18.7 Å². The fourth-order valence-corrected chi connectivity index (χ4v) is 9.75. The van der Waals surface area contributed by atoms with E-state index in [9.17, 15) is 18.3 Å². The van der Waals surface area contributed by atoms with Gasteiger partial charge in [0.1, 0.15) is 5.78 Å². The van der Waals surface area contributed by atoms with Gasteiger partial charge in [0.15, 0.2) is 0 Å². The standard InChI is InChI=1S/C23H38O6S2/c1-21-10-11-23(25,14-29-3)12-15(21)4-5-16-17-6-7-19(20(24)13-30-31(26,27)28)22(17,2)9-8-18(16)21/h15-19,25H,4-14H2,1-3H3,(H,26,27,28)/t15-,16?,17?,18?,19-,21+,22+,23-/m1/s1. The van der Waals surface area contributed by atoms with E-state index in [4.69, 9.17) is 9.29 Å². The normalized spacial score (nSPS) is 47.3. The molecule has 6 nitrogen and oxygen atoms in total. The molecule has 4 aliphatic carbocycles. The number of methoxy groups -OCH3 is 1. The van der Waals surface area contributed by atoms with Gasteiger partial charge in [-0.1, -0.05) is 13.8 Å². The summed E-state index contributed by atoms with van der Waals surface area (Å²) in [6, 6.07) is 0. The minimum absolute atomic E-state index is 0.0201. The Morgan fingerprint density at radius 2 is 1.74 bits per heavy atom. The molecule has 0 aliphatic heterocycles. The summed E-state index contributed by atoms with van der Waals surface area (Å²) in [6.07, 6.45) is 8.96. The number of aliphatic hydroxyl groups is 1. The third kappa shape index (κ3) is 4.25. The molecule has 31 heavy (non-hydrogen) atoms. The van der Waals surface area contributed by atoms with E-state index >= 15 is 0 Å². The molecule has 0 aromatic heterocycles. The van der Waals surface area contributed by atoms with E-state index in [1.54, 1.807) is 7.11 Å². The Morgan fingerprint density at radius 3 is 2.42 bits per heavy atom. The maximum absolute atomic E-state index is 12.9. The van der Waals surface area contributed by atoms with Crippen molar-refractivity contribution in [2.45, 2.75) is 77.2 Å². The molecule has 0 aromatic carbocycles. The van der Waals surface area contributed by atoms with E-state index in [1.807, 2.05) is 0 Å². The molecule has 0 heterocycles. The van der Waals surface area contributed by atoms with Gasteiger partial charge >= 0.3 is 9.15 Å². The summed E-state index contributed by atoms with van der Waals surface area (Å²) in [5, 5.41) is 11.0. The quantitative estimate of drug-likeness (QED) is 0.441. The van der Waals surface area contributed by atoms with Crippen molar-refractivity contribution >= 4 is 25.7 Å². The predicted octanol–water partition coefficient (Wildman–Crippen LogP) is 4.13. The average molecular weight is 475 g/mol. The summed E-state index contributed by atoms with van der Waals surface area (Å²) in [5.74, 6) is 2.01. The smallest absolute Gasteiger partial charge is 0.320 e. The van der Waals surface area contributed by atoms with E-state index < -0.39 is 14.8 Å². The molecule has 4 fully saturated rings. The topological polar surface area (TPSA) is 101 Å². The number of carbonyl (C=O) groups excluding carboxylic acids is 1. The van der Waals surface area contributed by atoms with Crippen LogP contribution in [0, 0.1) is 40.4 Å². The molecule has 0 bridgehead atoms. The summed E-state index contributed by atoms with van der Waals surface area (Å²) in [4.78, 5) is 12.9. The van der Waals surface area contributed by atoms with Gasteiger partial charge in [-0.15, -0.1) is 0 Å². The van der Waals surface area contributed by atoms with Crippen molar-refractivity contribution in [1.82, 2.24) is 0 Å². The SMILES string of the molecule is COC[C@@]1(O)CC[C@]2(C)C3CC[C@@]4(C)C(CC[C@@H]4C(=O)CSS(=O)(=O)O)C3CC[C@@H]2C1. The fourth-order valence-electron chi connectivity index (χ4n) is 8.48. The molecule has 4 rings (SSSR count). The highest BCUT2D eigenvalue weighted by atomic mass is 33.1. The number of rotatable bonds is 6. The molecule has 4 aliphatic rings. The lowest BCUT2D eigenvalue weighted by Gasteiger charge is -2.62. The van der Waals surface area contributed by atoms with E-state index in [1.165, 1.54) is 0 Å². The summed E-state index contributed by atoms with van der Waals surface area (Å²) < 4.78 is 36.5. The average Bonchev–Trinajstić information content (AvgIpc) is 3.04. The highest BCUT2D eigenvalue weighted by molar-refractivity contribution is 8.70. The van der Waals surface area contributed by atoms with Crippen LogP contribution in [0.4, 0.5) is 0 Å². The molecule has 0 aromatic rings. The number of hydrogen-bond acceptors (Lipinski definition) is 6. The number of ketones is 1. The monoisotopic (exact) mass is 474 g/mol. The lowest BCUT2D eigenvalue weighted by Crippen LogP contribution is -2.56. The Kier molecular flexibility index (Phi) is 6.39. The van der Waals surface area contributed by atoms with Crippen molar-refractivity contribution in [3.05, 3.63) is 0 Å². The number of carbonyl (C=O) groups is 1. The molecule has 178 valence electrons. The molecule has 2 N–H and O–H groups in total. The Morgan fingerprint density at radius 1 is 1.03 bits per heavy atom. The molecular formula is C23H38O6S2. The number of Topliss-reactive ketones (excluding diaryl/α,β-unsaturated/α-hetero) is 1. The van der Waals surface area contributed by atoms with Crippen LogP contribution in [0.3, 0.4) is 0 Å². The van der Waals surface area contributed by atoms with Crippen LogP contribution in [0.1, 0.15) is 71.6 Å². The van der Waals surface area contributed by atoms with Gasteiger partial charge in [0.05, 0.1) is 18.0 Å². The second kappa shape index (κ2) is 8.26. The fraction of sp³-hybridized carbons (Fsp3) is 0.957. The van der Waals surface area contributed by atoms with Gasteiger partial charge in [-0.25, -0.2) is 0 Å². The van der Waals surface area contributed by atoms with Crippen molar-refractivity contribution < 1.29 is 27.6 Å². The van der Waals surface area contributed by atoms with Crippen LogP contribution in [0.5, 0.6) is 0 Å². The highest BCUT2D eigenvalue weighted by Gasteiger charge is 2.62. The van der Waals surface area contributed by atoms with E-state index in [-0.39, 0.29) is 28.3 Å². The third-order valence-corrected chi connectivity index (χ3v) is 11.9. The highest BCUT2D eigenvalue weighted by Crippen LogP contribution is 2.68. The summed E-state index contributed by atoms with van der Waals surface area (Å²) in [7, 11) is -2.17. The van der Waals surface area contributed by atoms with Crippen LogP contribution in [0.15, 0.2) is 0 Å². The summed E-state index contributed by atoms with van der Waals surface area (Å²) in [6.45, 7) is 5.12. The maximum Gasteiger partial charge on any atom is 0.320 e.